The van der Waals surface area contributed by atoms with E-state index in [0.717, 1.165) is 15.6 Å². The van der Waals surface area contributed by atoms with Crippen molar-refractivity contribution in [2.24, 2.45) is 0 Å². The number of anilines is 2. The monoisotopic (exact) mass is 547 g/mol. The number of hydrogen-bond donors (Lipinski definition) is 0. The molecule has 1 aliphatic rings. The molecule has 0 spiro atoms. The minimum absolute atomic E-state index is 0.0531. The van der Waals surface area contributed by atoms with Crippen LogP contribution < -0.4 is 13.9 Å². The van der Waals surface area contributed by atoms with Gasteiger partial charge in [-0.05, 0) is 67.1 Å². The van der Waals surface area contributed by atoms with E-state index in [1.807, 2.05) is 25.1 Å². The molecule has 0 N–H and O–H groups in total. The molecule has 10 heteroatoms. The van der Waals surface area contributed by atoms with E-state index >= 15 is 0 Å². The number of sulfonamides is 1. The first-order valence-electron chi connectivity index (χ1n) is 11.4. The number of hydrogen-bond acceptors (Lipinski definition) is 5. The molecule has 1 fully saturated rings. The lowest BCUT2D eigenvalue weighted by molar-refractivity contribution is -0.129. The van der Waals surface area contributed by atoms with Crippen LogP contribution in [0.4, 0.5) is 11.4 Å². The molecule has 7 nitrogen and oxygen atoms in total. The second kappa shape index (κ2) is 11.0. The Bertz CT molecular complexity index is 1340. The van der Waals surface area contributed by atoms with Gasteiger partial charge in [-0.25, -0.2) is 8.42 Å². The number of benzene rings is 3. The van der Waals surface area contributed by atoms with Crippen LogP contribution in [0.3, 0.4) is 0 Å². The predicted molar refractivity (Wildman–Crippen MR) is 144 cm³/mol. The first-order chi connectivity index (χ1) is 17.2. The number of rotatable bonds is 7. The topological polar surface area (TPSA) is 70.2 Å². The van der Waals surface area contributed by atoms with Crippen LogP contribution in [0, 0.1) is 6.92 Å². The quantitative estimate of drug-likeness (QED) is 0.422. The molecule has 3 aromatic rings. The van der Waals surface area contributed by atoms with Crippen LogP contribution in [0.2, 0.25) is 10.0 Å². The third-order valence-electron chi connectivity index (χ3n) is 6.17. The second-order valence-electron chi connectivity index (χ2n) is 8.47. The summed E-state index contributed by atoms with van der Waals surface area (Å²) in [6.07, 6.45) is 0. The van der Waals surface area contributed by atoms with E-state index in [4.69, 9.17) is 27.9 Å². The summed E-state index contributed by atoms with van der Waals surface area (Å²) in [5, 5.41) is 1.04. The van der Waals surface area contributed by atoms with Gasteiger partial charge in [0.15, 0.2) is 0 Å². The number of methoxy groups -OCH3 is 1. The van der Waals surface area contributed by atoms with Gasteiger partial charge in [0.05, 0.1) is 17.7 Å². The van der Waals surface area contributed by atoms with Gasteiger partial charge in [0.25, 0.3) is 10.0 Å². The summed E-state index contributed by atoms with van der Waals surface area (Å²) in [5.74, 6) is 0.252. The second-order valence-corrected chi connectivity index (χ2v) is 11.2. The molecule has 1 heterocycles. The van der Waals surface area contributed by atoms with Gasteiger partial charge in [0.1, 0.15) is 12.3 Å². The molecule has 1 amide bonds. The fourth-order valence-electron chi connectivity index (χ4n) is 4.16. The number of aryl methyl sites for hydroxylation is 1. The molecule has 0 aromatic heterocycles. The van der Waals surface area contributed by atoms with E-state index in [1.54, 1.807) is 35.2 Å². The molecule has 36 heavy (non-hydrogen) atoms. The number of amides is 1. The number of carbonyl (C=O) groups is 1. The van der Waals surface area contributed by atoms with Crippen molar-refractivity contribution >= 4 is 50.5 Å². The van der Waals surface area contributed by atoms with Crippen LogP contribution in [0.15, 0.2) is 71.6 Å². The normalized spacial score (nSPS) is 14.0. The molecular weight excluding hydrogens is 521 g/mol. The van der Waals surface area contributed by atoms with Crippen molar-refractivity contribution in [3.05, 3.63) is 82.3 Å². The highest BCUT2D eigenvalue weighted by atomic mass is 35.5. The van der Waals surface area contributed by atoms with Gasteiger partial charge in [-0.15, -0.1) is 0 Å². The molecule has 3 aromatic carbocycles. The summed E-state index contributed by atoms with van der Waals surface area (Å²) in [7, 11) is -2.54. The van der Waals surface area contributed by atoms with Crippen LogP contribution in [0.5, 0.6) is 5.75 Å². The fourth-order valence-corrected chi connectivity index (χ4v) is 5.92. The van der Waals surface area contributed by atoms with E-state index in [2.05, 4.69) is 4.90 Å². The van der Waals surface area contributed by atoms with Gasteiger partial charge >= 0.3 is 0 Å². The van der Waals surface area contributed by atoms with E-state index in [0.29, 0.717) is 47.7 Å². The average Bonchev–Trinajstić information content (AvgIpc) is 2.88. The lowest BCUT2D eigenvalue weighted by Gasteiger charge is -2.37. The molecule has 1 saturated heterocycles. The zero-order valence-electron chi connectivity index (χ0n) is 20.0. The van der Waals surface area contributed by atoms with Gasteiger partial charge in [0, 0.05) is 41.9 Å². The minimum Gasteiger partial charge on any atom is -0.497 e. The van der Waals surface area contributed by atoms with Crippen molar-refractivity contribution in [2.75, 3.05) is 49.0 Å². The maximum absolute atomic E-state index is 13.6. The first-order valence-corrected chi connectivity index (χ1v) is 13.6. The van der Waals surface area contributed by atoms with Crippen molar-refractivity contribution < 1.29 is 17.9 Å². The van der Waals surface area contributed by atoms with Gasteiger partial charge in [-0.1, -0.05) is 35.3 Å². The smallest absolute Gasteiger partial charge is 0.264 e. The Morgan fingerprint density at radius 1 is 0.944 bits per heavy atom. The van der Waals surface area contributed by atoms with Crippen molar-refractivity contribution in [1.29, 1.82) is 0 Å². The molecule has 0 unspecified atom stereocenters. The Morgan fingerprint density at radius 2 is 1.61 bits per heavy atom. The Labute approximate surface area is 221 Å². The number of ether oxygens (including phenoxy) is 1. The Hall–Kier alpha value is -2.94. The molecule has 0 bridgehead atoms. The van der Waals surface area contributed by atoms with Crippen molar-refractivity contribution in [3.63, 3.8) is 0 Å². The highest BCUT2D eigenvalue weighted by molar-refractivity contribution is 7.92. The molecule has 1 aliphatic heterocycles. The molecule has 0 atom stereocenters. The zero-order valence-corrected chi connectivity index (χ0v) is 22.4. The lowest BCUT2D eigenvalue weighted by atomic mass is 10.1. The minimum atomic E-state index is -4.05. The predicted octanol–water partition coefficient (Wildman–Crippen LogP) is 4.85. The van der Waals surface area contributed by atoms with Gasteiger partial charge < -0.3 is 14.5 Å². The van der Waals surface area contributed by atoms with Crippen LogP contribution in [-0.2, 0) is 14.8 Å². The van der Waals surface area contributed by atoms with Crippen LogP contribution in [0.1, 0.15) is 5.56 Å². The van der Waals surface area contributed by atoms with Gasteiger partial charge in [0.2, 0.25) is 5.91 Å². The molecule has 0 radical (unpaired) electrons. The first kappa shape index (κ1) is 26.1. The maximum atomic E-state index is 13.6. The summed E-state index contributed by atoms with van der Waals surface area (Å²) in [6, 6.07) is 18.3. The van der Waals surface area contributed by atoms with E-state index in [9.17, 15) is 13.2 Å². The number of piperazine rings is 1. The average molecular weight is 548 g/mol. The van der Waals surface area contributed by atoms with Crippen molar-refractivity contribution in [2.45, 2.75) is 11.8 Å². The molecule has 4 rings (SSSR count). The van der Waals surface area contributed by atoms with Gasteiger partial charge in [-0.2, -0.15) is 0 Å². The Morgan fingerprint density at radius 3 is 2.25 bits per heavy atom. The molecule has 0 aliphatic carbocycles. The summed E-state index contributed by atoms with van der Waals surface area (Å²) in [4.78, 5) is 17.3. The van der Waals surface area contributed by atoms with E-state index < -0.39 is 10.0 Å². The van der Waals surface area contributed by atoms with Crippen LogP contribution in [0.25, 0.3) is 0 Å². The maximum Gasteiger partial charge on any atom is 0.264 e. The number of nitrogens with zero attached hydrogens (tertiary/aromatic N) is 3. The Balaban J connectivity index is 1.54. The summed E-state index contributed by atoms with van der Waals surface area (Å²) >= 11 is 12.3. The van der Waals surface area contributed by atoms with Crippen LogP contribution >= 0.6 is 23.2 Å². The number of halogens is 2. The summed E-state index contributed by atoms with van der Waals surface area (Å²) in [5.41, 5.74) is 2.47. The third-order valence-corrected chi connectivity index (χ3v) is 8.43. The number of carbonyl (C=O) groups excluding carboxylic acids is 1. The summed E-state index contributed by atoms with van der Waals surface area (Å²) < 4.78 is 33.5. The van der Waals surface area contributed by atoms with E-state index in [-0.39, 0.29) is 17.3 Å². The van der Waals surface area contributed by atoms with E-state index in [1.165, 1.54) is 25.3 Å². The Kier molecular flexibility index (Phi) is 7.97. The van der Waals surface area contributed by atoms with Gasteiger partial charge in [-0.3, -0.25) is 9.10 Å². The highest BCUT2D eigenvalue weighted by Gasteiger charge is 2.30. The zero-order chi connectivity index (χ0) is 25.9. The lowest BCUT2D eigenvalue weighted by Crippen LogP contribution is -2.52. The standard InChI is InChI=1S/C26H27Cl2N3O4S/c1-19-6-7-21(28)17-25(19)29-12-14-30(15-13-29)26(32)18-31(22-5-3-4-20(27)16-22)36(33,34)24-10-8-23(35-2)9-11-24/h3-11,16-17H,12-15,18H2,1-2H3. The van der Waals surface area contributed by atoms with Crippen LogP contribution in [-0.4, -0.2) is 59.1 Å². The molecule has 190 valence electrons. The summed E-state index contributed by atoms with van der Waals surface area (Å²) in [6.45, 7) is 3.86. The fraction of sp³-hybridized carbons (Fsp3) is 0.269. The third kappa shape index (κ3) is 5.72. The SMILES string of the molecule is COc1ccc(S(=O)(=O)N(CC(=O)N2CCN(c3cc(Cl)ccc3C)CC2)c2cccc(Cl)c2)cc1. The highest BCUT2D eigenvalue weighted by Crippen LogP contribution is 2.28. The van der Waals surface area contributed by atoms with Crippen molar-refractivity contribution in [3.8, 4) is 5.75 Å². The van der Waals surface area contributed by atoms with Crippen molar-refractivity contribution in [1.82, 2.24) is 4.90 Å². The molecule has 0 saturated carbocycles. The largest absolute Gasteiger partial charge is 0.497 e. The molecular formula is C26H27Cl2N3O4S.